The van der Waals surface area contributed by atoms with E-state index in [1.54, 1.807) is 13.0 Å². The van der Waals surface area contributed by atoms with E-state index in [2.05, 4.69) is 52.1 Å². The van der Waals surface area contributed by atoms with Crippen molar-refractivity contribution in [2.75, 3.05) is 11.1 Å². The predicted octanol–water partition coefficient (Wildman–Crippen LogP) is 7.83. The second kappa shape index (κ2) is 8.98. The summed E-state index contributed by atoms with van der Waals surface area (Å²) < 4.78 is 39.6. The second-order valence-corrected chi connectivity index (χ2v) is 9.77. The Kier molecular flexibility index (Phi) is 7.35. The van der Waals surface area contributed by atoms with Crippen LogP contribution in [0.25, 0.3) is 0 Å². The van der Waals surface area contributed by atoms with Gasteiger partial charge >= 0.3 is 6.18 Å². The normalized spacial score (nSPS) is 18.6. The van der Waals surface area contributed by atoms with E-state index in [1.807, 2.05) is 11.8 Å². The lowest BCUT2D eigenvalue weighted by atomic mass is 9.82. The zero-order chi connectivity index (χ0) is 21.1. The molecule has 28 heavy (non-hydrogen) atoms. The minimum atomic E-state index is -4.35. The highest BCUT2D eigenvalue weighted by Gasteiger charge is 2.32. The van der Waals surface area contributed by atoms with Gasteiger partial charge in [-0.3, -0.25) is 0 Å². The molecule has 5 heteroatoms. The minimum Gasteiger partial charge on any atom is -0.356 e. The molecule has 0 bridgehead atoms. The average molecular weight is 412 g/mol. The molecule has 0 saturated carbocycles. The third-order valence-electron chi connectivity index (χ3n) is 5.18. The second-order valence-electron chi connectivity index (χ2n) is 8.60. The van der Waals surface area contributed by atoms with Gasteiger partial charge in [-0.05, 0) is 54.0 Å². The first-order valence-corrected chi connectivity index (χ1v) is 11.0. The molecular formula is C23H32F3NS. The maximum Gasteiger partial charge on any atom is 0.416 e. The zero-order valence-corrected chi connectivity index (χ0v) is 18.5. The molecule has 0 spiro atoms. The van der Waals surface area contributed by atoms with E-state index in [-0.39, 0.29) is 11.3 Å². The summed E-state index contributed by atoms with van der Waals surface area (Å²) in [6.07, 6.45) is 2.38. The molecule has 0 saturated heterocycles. The van der Waals surface area contributed by atoms with Crippen LogP contribution in [0, 0.1) is 18.3 Å². The predicted molar refractivity (Wildman–Crippen MR) is 116 cm³/mol. The largest absolute Gasteiger partial charge is 0.416 e. The highest BCUT2D eigenvalue weighted by atomic mass is 32.2. The van der Waals surface area contributed by atoms with Crippen molar-refractivity contribution in [3.8, 4) is 0 Å². The summed E-state index contributed by atoms with van der Waals surface area (Å²) in [7, 11) is 0. The maximum absolute atomic E-state index is 13.2. The lowest BCUT2D eigenvalue weighted by Crippen LogP contribution is -2.25. The maximum atomic E-state index is 13.2. The number of aryl methyl sites for hydroxylation is 1. The van der Waals surface area contributed by atoms with Gasteiger partial charge in [-0.15, -0.1) is 11.8 Å². The van der Waals surface area contributed by atoms with Crippen molar-refractivity contribution in [3.63, 3.8) is 0 Å². The fraction of sp³-hybridized carbons (Fsp3) is 0.565. The van der Waals surface area contributed by atoms with Gasteiger partial charge in [0.05, 0.1) is 5.56 Å². The number of hydrogen-bond acceptors (Lipinski definition) is 2. The molecule has 2 rings (SSSR count). The molecule has 1 unspecified atom stereocenters. The third-order valence-corrected chi connectivity index (χ3v) is 6.67. The monoisotopic (exact) mass is 411 g/mol. The molecule has 0 aliphatic carbocycles. The van der Waals surface area contributed by atoms with Crippen LogP contribution in [0.15, 0.2) is 41.6 Å². The first-order valence-electron chi connectivity index (χ1n) is 9.94. The average Bonchev–Trinajstić information content (AvgIpc) is 2.76. The number of benzene rings is 1. The molecule has 1 N–H and O–H groups in total. The van der Waals surface area contributed by atoms with Crippen LogP contribution in [0.2, 0.25) is 0 Å². The van der Waals surface area contributed by atoms with Gasteiger partial charge in [0.25, 0.3) is 0 Å². The Balaban J connectivity index is 2.37. The van der Waals surface area contributed by atoms with Crippen molar-refractivity contribution >= 4 is 17.4 Å². The van der Waals surface area contributed by atoms with Gasteiger partial charge in [0.2, 0.25) is 0 Å². The quantitative estimate of drug-likeness (QED) is 0.512. The lowest BCUT2D eigenvalue weighted by Gasteiger charge is -2.32. The van der Waals surface area contributed by atoms with E-state index in [4.69, 9.17) is 0 Å². The fourth-order valence-corrected chi connectivity index (χ4v) is 4.97. The Hall–Kier alpha value is -1.36. The smallest absolute Gasteiger partial charge is 0.356 e. The van der Waals surface area contributed by atoms with E-state index in [9.17, 15) is 13.2 Å². The summed E-state index contributed by atoms with van der Waals surface area (Å²) >= 11 is 1.90. The lowest BCUT2D eigenvalue weighted by molar-refractivity contribution is -0.137. The van der Waals surface area contributed by atoms with Crippen molar-refractivity contribution in [3.05, 3.63) is 52.7 Å². The molecular weight excluding hydrogens is 379 g/mol. The number of alkyl halides is 3. The molecule has 1 aromatic carbocycles. The highest BCUT2D eigenvalue weighted by molar-refractivity contribution is 8.00. The number of rotatable bonds is 6. The van der Waals surface area contributed by atoms with Gasteiger partial charge in [-0.1, -0.05) is 53.2 Å². The van der Waals surface area contributed by atoms with Crippen LogP contribution in [-0.2, 0) is 6.18 Å². The minimum absolute atomic E-state index is 0.176. The topological polar surface area (TPSA) is 12.0 Å². The van der Waals surface area contributed by atoms with E-state index >= 15 is 0 Å². The summed E-state index contributed by atoms with van der Waals surface area (Å²) in [4.78, 5) is 0. The van der Waals surface area contributed by atoms with Crippen LogP contribution < -0.4 is 5.32 Å². The Morgan fingerprint density at radius 1 is 1.18 bits per heavy atom. The number of nitrogens with one attached hydrogen (secondary N) is 1. The number of anilines is 1. The van der Waals surface area contributed by atoms with Gasteiger partial charge < -0.3 is 5.32 Å². The summed E-state index contributed by atoms with van der Waals surface area (Å²) in [5, 5.41) is 3.67. The van der Waals surface area contributed by atoms with Gasteiger partial charge in [0.1, 0.15) is 0 Å². The first kappa shape index (κ1) is 22.9. The van der Waals surface area contributed by atoms with Crippen LogP contribution in [0.5, 0.6) is 0 Å². The van der Waals surface area contributed by atoms with Crippen LogP contribution in [0.4, 0.5) is 18.9 Å². The zero-order valence-electron chi connectivity index (χ0n) is 17.7. The van der Waals surface area contributed by atoms with Gasteiger partial charge in [0, 0.05) is 22.4 Å². The number of thioether (sulfide) groups is 1. The van der Waals surface area contributed by atoms with Gasteiger partial charge in [0.15, 0.2) is 0 Å². The van der Waals surface area contributed by atoms with Crippen molar-refractivity contribution in [2.24, 2.45) is 11.3 Å². The molecule has 0 fully saturated rings. The Labute approximate surface area is 171 Å². The Bertz CT molecular complexity index is 745. The highest BCUT2D eigenvalue weighted by Crippen LogP contribution is 2.40. The summed E-state index contributed by atoms with van der Waals surface area (Å²) in [5.41, 5.74) is 2.75. The molecule has 1 aliphatic rings. The van der Waals surface area contributed by atoms with E-state index in [0.29, 0.717) is 16.5 Å². The van der Waals surface area contributed by atoms with Crippen molar-refractivity contribution in [1.29, 1.82) is 0 Å². The molecule has 1 atom stereocenters. The van der Waals surface area contributed by atoms with Crippen molar-refractivity contribution < 1.29 is 13.2 Å². The fourth-order valence-electron chi connectivity index (χ4n) is 3.69. The summed E-state index contributed by atoms with van der Waals surface area (Å²) in [6.45, 7) is 12.8. The number of allylic oxidation sites excluding steroid dienone is 1. The van der Waals surface area contributed by atoms with Crippen LogP contribution >= 0.6 is 11.8 Å². The SMILES string of the molecule is CCCC(C)(C)C1C=C(C(C)C)C(Nc2cc(C)cc(C(F)(F)F)c2)=CCS1. The Morgan fingerprint density at radius 3 is 2.43 bits per heavy atom. The van der Waals surface area contributed by atoms with E-state index in [0.717, 1.165) is 24.3 Å². The number of hydrogen-bond donors (Lipinski definition) is 1. The van der Waals surface area contributed by atoms with E-state index in [1.165, 1.54) is 17.7 Å². The van der Waals surface area contributed by atoms with Gasteiger partial charge in [-0.2, -0.15) is 13.2 Å². The molecule has 156 valence electrons. The third kappa shape index (κ3) is 5.82. The Morgan fingerprint density at radius 2 is 1.86 bits per heavy atom. The van der Waals surface area contributed by atoms with Crippen molar-refractivity contribution in [2.45, 2.75) is 65.8 Å². The van der Waals surface area contributed by atoms with Crippen LogP contribution in [0.3, 0.4) is 0 Å². The van der Waals surface area contributed by atoms with E-state index < -0.39 is 11.7 Å². The molecule has 1 nitrogen and oxygen atoms in total. The molecule has 1 heterocycles. The molecule has 0 radical (unpaired) electrons. The van der Waals surface area contributed by atoms with Crippen LogP contribution in [0.1, 0.15) is 58.6 Å². The first-order chi connectivity index (χ1) is 12.9. The standard InChI is InChI=1S/C23H32F3NS/c1-7-9-22(5,6)21-14-19(15(2)3)20(8-10-28-21)27-18-12-16(4)11-17(13-18)23(24,25)26/h8,11-15,21,27H,7,9-10H2,1-6H3. The van der Waals surface area contributed by atoms with Crippen molar-refractivity contribution in [1.82, 2.24) is 0 Å². The van der Waals surface area contributed by atoms with Gasteiger partial charge in [-0.25, -0.2) is 0 Å². The summed E-state index contributed by atoms with van der Waals surface area (Å²) in [5.74, 6) is 1.12. The van der Waals surface area contributed by atoms with Crippen LogP contribution in [-0.4, -0.2) is 11.0 Å². The molecule has 0 amide bonds. The molecule has 1 aliphatic heterocycles. The number of halogens is 3. The molecule has 0 aromatic heterocycles. The molecule has 1 aromatic rings. The summed E-state index contributed by atoms with van der Waals surface area (Å²) in [6, 6.07) is 4.15.